The Kier molecular flexibility index (Phi) is 2.56. The zero-order valence-electron chi connectivity index (χ0n) is 6.04. The summed E-state index contributed by atoms with van der Waals surface area (Å²) < 4.78 is 0. The molecule has 3 nitrogen and oxygen atoms in total. The number of nitrogens with two attached hydrogens (primary N) is 1. The van der Waals surface area contributed by atoms with Crippen molar-refractivity contribution in [3.8, 4) is 0 Å². The Morgan fingerprint density at radius 3 is 3.00 bits per heavy atom. The predicted octanol–water partition coefficient (Wildman–Crippen LogP) is 0.502. The Morgan fingerprint density at radius 2 is 2.60 bits per heavy atom. The van der Waals surface area contributed by atoms with Gasteiger partial charge in [0.25, 0.3) is 5.24 Å². The van der Waals surface area contributed by atoms with E-state index in [0.29, 0.717) is 19.1 Å². The zero-order chi connectivity index (χ0) is 7.56. The fraction of sp³-hybridized carbons (Fsp3) is 0.833. The molecule has 58 valence electrons. The van der Waals surface area contributed by atoms with E-state index in [-0.39, 0.29) is 5.24 Å². The van der Waals surface area contributed by atoms with E-state index >= 15 is 0 Å². The Balaban J connectivity index is 2.46. The standard InChI is InChI=1S/C6H12N2OS/c1-5-4-10-6(9)8(5)3-2-7/h5H,2-4,7H2,1H3. The summed E-state index contributed by atoms with van der Waals surface area (Å²) in [6.07, 6.45) is 0. The molecule has 0 radical (unpaired) electrons. The predicted molar refractivity (Wildman–Crippen MR) is 43.1 cm³/mol. The van der Waals surface area contributed by atoms with Crippen molar-refractivity contribution >= 4 is 17.0 Å². The van der Waals surface area contributed by atoms with Crippen LogP contribution in [0.15, 0.2) is 0 Å². The molecule has 0 saturated carbocycles. The smallest absolute Gasteiger partial charge is 0.282 e. The summed E-state index contributed by atoms with van der Waals surface area (Å²) in [4.78, 5) is 12.8. The highest BCUT2D eigenvalue weighted by molar-refractivity contribution is 8.13. The van der Waals surface area contributed by atoms with Gasteiger partial charge in [0.1, 0.15) is 0 Å². The van der Waals surface area contributed by atoms with Crippen LogP contribution in [0, 0.1) is 0 Å². The third-order valence-corrected chi connectivity index (χ3v) is 2.72. The first-order valence-electron chi connectivity index (χ1n) is 3.39. The van der Waals surface area contributed by atoms with Crippen LogP contribution in [-0.2, 0) is 0 Å². The number of nitrogens with zero attached hydrogens (tertiary/aromatic N) is 1. The molecule has 0 aromatic rings. The maximum absolute atomic E-state index is 11.0. The Bertz CT molecular complexity index is 140. The summed E-state index contributed by atoms with van der Waals surface area (Å²) >= 11 is 1.38. The van der Waals surface area contributed by atoms with E-state index in [0.717, 1.165) is 5.75 Å². The number of rotatable bonds is 2. The van der Waals surface area contributed by atoms with Crippen molar-refractivity contribution < 1.29 is 4.79 Å². The second-order valence-electron chi connectivity index (χ2n) is 2.41. The van der Waals surface area contributed by atoms with Gasteiger partial charge < -0.3 is 10.6 Å². The number of thioether (sulfide) groups is 1. The molecule has 0 spiro atoms. The van der Waals surface area contributed by atoms with Crippen molar-refractivity contribution in [2.45, 2.75) is 13.0 Å². The minimum atomic E-state index is 0.179. The number of amides is 1. The quantitative estimate of drug-likeness (QED) is 0.640. The highest BCUT2D eigenvalue weighted by atomic mass is 32.2. The van der Waals surface area contributed by atoms with Crippen LogP contribution in [-0.4, -0.2) is 35.0 Å². The van der Waals surface area contributed by atoms with Crippen molar-refractivity contribution in [3.63, 3.8) is 0 Å². The summed E-state index contributed by atoms with van der Waals surface area (Å²) in [5.41, 5.74) is 5.33. The maximum Gasteiger partial charge on any atom is 0.282 e. The summed E-state index contributed by atoms with van der Waals surface area (Å²) in [5, 5.41) is 0.179. The first-order chi connectivity index (χ1) is 4.75. The van der Waals surface area contributed by atoms with E-state index in [1.54, 1.807) is 0 Å². The molecule has 2 N–H and O–H groups in total. The molecule has 1 aliphatic heterocycles. The molecular weight excluding hydrogens is 148 g/mol. The molecule has 1 fully saturated rings. The molecule has 1 amide bonds. The fourth-order valence-corrected chi connectivity index (χ4v) is 2.00. The van der Waals surface area contributed by atoms with Crippen LogP contribution in [0.1, 0.15) is 6.92 Å². The van der Waals surface area contributed by atoms with Crippen LogP contribution in [0.2, 0.25) is 0 Å². The Morgan fingerprint density at radius 1 is 1.90 bits per heavy atom. The highest BCUT2D eigenvalue weighted by Gasteiger charge is 2.26. The number of carbonyl (C=O) groups excluding carboxylic acids is 1. The van der Waals surface area contributed by atoms with Gasteiger partial charge in [0, 0.05) is 24.9 Å². The molecule has 1 heterocycles. The number of hydrogen-bond acceptors (Lipinski definition) is 3. The van der Waals surface area contributed by atoms with Gasteiger partial charge >= 0.3 is 0 Å². The first-order valence-corrected chi connectivity index (χ1v) is 4.37. The lowest BCUT2D eigenvalue weighted by atomic mass is 10.3. The lowest BCUT2D eigenvalue weighted by Gasteiger charge is -2.18. The molecule has 1 saturated heterocycles. The third-order valence-electron chi connectivity index (χ3n) is 1.58. The Labute approximate surface area is 64.9 Å². The molecule has 1 atom stereocenters. The second kappa shape index (κ2) is 3.25. The van der Waals surface area contributed by atoms with E-state index in [9.17, 15) is 4.79 Å². The highest BCUT2D eigenvalue weighted by Crippen LogP contribution is 2.22. The summed E-state index contributed by atoms with van der Waals surface area (Å²) in [6.45, 7) is 3.32. The normalized spacial score (nSPS) is 26.0. The van der Waals surface area contributed by atoms with E-state index in [4.69, 9.17) is 5.73 Å². The van der Waals surface area contributed by atoms with Crippen LogP contribution in [0.4, 0.5) is 4.79 Å². The topological polar surface area (TPSA) is 46.3 Å². The number of carbonyl (C=O) groups is 1. The summed E-state index contributed by atoms with van der Waals surface area (Å²) in [5.74, 6) is 0.916. The van der Waals surface area contributed by atoms with Gasteiger partial charge in [-0.1, -0.05) is 11.8 Å². The van der Waals surface area contributed by atoms with E-state index in [2.05, 4.69) is 0 Å². The molecule has 1 unspecified atom stereocenters. The maximum atomic E-state index is 11.0. The molecule has 4 heteroatoms. The van der Waals surface area contributed by atoms with Crippen LogP contribution in [0.25, 0.3) is 0 Å². The van der Waals surface area contributed by atoms with Crippen molar-refractivity contribution in [2.75, 3.05) is 18.8 Å². The van der Waals surface area contributed by atoms with Gasteiger partial charge in [0.05, 0.1) is 0 Å². The average Bonchev–Trinajstić information content (AvgIpc) is 2.20. The second-order valence-corrected chi connectivity index (χ2v) is 3.38. The zero-order valence-corrected chi connectivity index (χ0v) is 6.86. The SMILES string of the molecule is CC1CSC(=O)N1CCN. The van der Waals surface area contributed by atoms with Gasteiger partial charge in [-0.3, -0.25) is 4.79 Å². The van der Waals surface area contributed by atoms with Crippen molar-refractivity contribution in [1.29, 1.82) is 0 Å². The molecular formula is C6H12N2OS. The molecule has 0 aromatic carbocycles. The van der Waals surface area contributed by atoms with Gasteiger partial charge in [0.2, 0.25) is 0 Å². The Hall–Kier alpha value is -0.220. The minimum absolute atomic E-state index is 0.179. The van der Waals surface area contributed by atoms with Gasteiger partial charge in [0.15, 0.2) is 0 Å². The molecule has 1 rings (SSSR count). The van der Waals surface area contributed by atoms with E-state index in [1.165, 1.54) is 11.8 Å². The number of hydrogen-bond donors (Lipinski definition) is 1. The molecule has 0 aromatic heterocycles. The van der Waals surface area contributed by atoms with E-state index < -0.39 is 0 Å². The van der Waals surface area contributed by atoms with Crippen molar-refractivity contribution in [2.24, 2.45) is 5.73 Å². The van der Waals surface area contributed by atoms with Gasteiger partial charge in [-0.15, -0.1) is 0 Å². The fourth-order valence-electron chi connectivity index (χ4n) is 0.995. The molecule has 0 aliphatic carbocycles. The van der Waals surface area contributed by atoms with Crippen molar-refractivity contribution in [3.05, 3.63) is 0 Å². The monoisotopic (exact) mass is 160 g/mol. The van der Waals surface area contributed by atoms with Crippen LogP contribution < -0.4 is 5.73 Å². The summed E-state index contributed by atoms with van der Waals surface area (Å²) in [7, 11) is 0. The lowest BCUT2D eigenvalue weighted by Crippen LogP contribution is -2.35. The van der Waals surface area contributed by atoms with Gasteiger partial charge in [-0.25, -0.2) is 0 Å². The lowest BCUT2D eigenvalue weighted by molar-refractivity contribution is 0.217. The average molecular weight is 160 g/mol. The molecule has 0 bridgehead atoms. The van der Waals surface area contributed by atoms with Crippen LogP contribution in [0.3, 0.4) is 0 Å². The van der Waals surface area contributed by atoms with E-state index in [1.807, 2.05) is 11.8 Å². The van der Waals surface area contributed by atoms with Gasteiger partial charge in [-0.05, 0) is 6.92 Å². The van der Waals surface area contributed by atoms with Crippen LogP contribution >= 0.6 is 11.8 Å². The minimum Gasteiger partial charge on any atom is -0.329 e. The summed E-state index contributed by atoms with van der Waals surface area (Å²) in [6, 6.07) is 0.376. The van der Waals surface area contributed by atoms with Crippen LogP contribution in [0.5, 0.6) is 0 Å². The van der Waals surface area contributed by atoms with Gasteiger partial charge in [-0.2, -0.15) is 0 Å². The third kappa shape index (κ3) is 1.44. The largest absolute Gasteiger partial charge is 0.329 e. The molecule has 10 heavy (non-hydrogen) atoms. The van der Waals surface area contributed by atoms with Crippen molar-refractivity contribution in [1.82, 2.24) is 4.90 Å². The molecule has 1 aliphatic rings. The first kappa shape index (κ1) is 7.88.